The van der Waals surface area contributed by atoms with Crippen molar-refractivity contribution in [2.75, 3.05) is 7.11 Å². The molecule has 0 saturated carbocycles. The van der Waals surface area contributed by atoms with Crippen LogP contribution in [0.15, 0.2) is 42.5 Å². The van der Waals surface area contributed by atoms with Gasteiger partial charge in [0.1, 0.15) is 11.9 Å². The molecule has 0 saturated heterocycles. The van der Waals surface area contributed by atoms with Crippen molar-refractivity contribution in [3.63, 3.8) is 0 Å². The number of aromatic hydroxyl groups is 1. The van der Waals surface area contributed by atoms with Gasteiger partial charge < -0.3 is 14.6 Å². The highest BCUT2D eigenvalue weighted by molar-refractivity contribution is 5.54. The van der Waals surface area contributed by atoms with E-state index in [0.29, 0.717) is 5.75 Å². The first-order valence-corrected chi connectivity index (χ1v) is 6.33. The third kappa shape index (κ3) is 1.91. The highest BCUT2D eigenvalue weighted by Crippen LogP contribution is 2.49. The van der Waals surface area contributed by atoms with Gasteiger partial charge in [0.15, 0.2) is 11.5 Å². The summed E-state index contributed by atoms with van der Waals surface area (Å²) in [7, 11) is 1.54. The minimum atomic E-state index is -0.0114. The van der Waals surface area contributed by atoms with Crippen molar-refractivity contribution >= 4 is 0 Å². The number of benzene rings is 2. The lowest BCUT2D eigenvalue weighted by Crippen LogP contribution is -2.06. The van der Waals surface area contributed by atoms with E-state index >= 15 is 0 Å². The summed E-state index contributed by atoms with van der Waals surface area (Å²) in [5, 5.41) is 9.87. The van der Waals surface area contributed by atoms with Crippen LogP contribution in [0.1, 0.15) is 30.1 Å². The summed E-state index contributed by atoms with van der Waals surface area (Å²) in [4.78, 5) is 0. The van der Waals surface area contributed by atoms with Crippen LogP contribution in [0.4, 0.5) is 0 Å². The molecule has 0 bridgehead atoms. The lowest BCUT2D eigenvalue weighted by Gasteiger charge is -2.15. The highest BCUT2D eigenvalue weighted by atomic mass is 16.5. The summed E-state index contributed by atoms with van der Waals surface area (Å²) in [6.07, 6.45) is -0.0114. The fourth-order valence-electron chi connectivity index (χ4n) is 2.59. The van der Waals surface area contributed by atoms with Crippen molar-refractivity contribution in [3.05, 3.63) is 53.6 Å². The van der Waals surface area contributed by atoms with Crippen LogP contribution in [0.2, 0.25) is 0 Å². The number of ether oxygens (including phenoxy) is 2. The Kier molecular flexibility index (Phi) is 2.82. The van der Waals surface area contributed by atoms with E-state index in [1.54, 1.807) is 12.1 Å². The van der Waals surface area contributed by atoms with Gasteiger partial charge in [0.25, 0.3) is 0 Å². The Labute approximate surface area is 112 Å². The lowest BCUT2D eigenvalue weighted by molar-refractivity contribution is 0.215. The first-order chi connectivity index (χ1) is 9.20. The summed E-state index contributed by atoms with van der Waals surface area (Å²) < 4.78 is 11.1. The molecule has 0 fully saturated rings. The zero-order chi connectivity index (χ0) is 13.4. The van der Waals surface area contributed by atoms with Gasteiger partial charge >= 0.3 is 0 Å². The summed E-state index contributed by atoms with van der Waals surface area (Å²) in [6, 6.07) is 13.6. The molecule has 0 aliphatic carbocycles. The predicted octanol–water partition coefficient (Wildman–Crippen LogP) is 3.64. The standard InChI is InChI=1S/C16H16O3/c1-10-12-8-13(17)15(18-2)9-14(12)19-16(10)11-6-4-3-5-7-11/h3-10,16-17H,1-2H3/t10-,16-/m0/s1. The topological polar surface area (TPSA) is 38.7 Å². The second kappa shape index (κ2) is 4.50. The average molecular weight is 256 g/mol. The van der Waals surface area contributed by atoms with E-state index < -0.39 is 0 Å². The van der Waals surface area contributed by atoms with Crippen LogP contribution in [0.5, 0.6) is 17.2 Å². The van der Waals surface area contributed by atoms with Gasteiger partial charge in [0.05, 0.1) is 7.11 Å². The molecule has 1 aliphatic rings. The van der Waals surface area contributed by atoms with E-state index in [1.807, 2.05) is 18.2 Å². The first kappa shape index (κ1) is 11.9. The Morgan fingerprint density at radius 1 is 1.16 bits per heavy atom. The molecule has 0 spiro atoms. The molecule has 98 valence electrons. The highest BCUT2D eigenvalue weighted by Gasteiger charge is 2.33. The third-order valence-corrected chi connectivity index (χ3v) is 3.64. The Morgan fingerprint density at radius 2 is 1.89 bits per heavy atom. The largest absolute Gasteiger partial charge is 0.504 e. The number of hydrogen-bond donors (Lipinski definition) is 1. The van der Waals surface area contributed by atoms with Crippen molar-refractivity contribution in [3.8, 4) is 17.2 Å². The van der Waals surface area contributed by atoms with Gasteiger partial charge in [-0.25, -0.2) is 0 Å². The Bertz CT molecular complexity index is 592. The smallest absolute Gasteiger partial charge is 0.164 e. The van der Waals surface area contributed by atoms with Gasteiger partial charge in [0.2, 0.25) is 0 Å². The average Bonchev–Trinajstić information content (AvgIpc) is 2.76. The van der Waals surface area contributed by atoms with Crippen LogP contribution in [0.25, 0.3) is 0 Å². The number of fused-ring (bicyclic) bond motifs is 1. The van der Waals surface area contributed by atoms with Crippen molar-refractivity contribution in [1.29, 1.82) is 0 Å². The molecule has 3 nitrogen and oxygen atoms in total. The molecular formula is C16H16O3. The SMILES string of the molecule is COc1cc2c(cc1O)[C@H](C)[C@@H](c1ccccc1)O2. The van der Waals surface area contributed by atoms with Gasteiger partial charge in [-0.2, -0.15) is 0 Å². The minimum Gasteiger partial charge on any atom is -0.504 e. The molecule has 1 aliphatic heterocycles. The van der Waals surface area contributed by atoms with Crippen molar-refractivity contribution in [1.82, 2.24) is 0 Å². The molecule has 3 rings (SSSR count). The van der Waals surface area contributed by atoms with Crippen molar-refractivity contribution in [2.24, 2.45) is 0 Å². The second-order valence-electron chi connectivity index (χ2n) is 4.80. The van der Waals surface area contributed by atoms with Crippen LogP contribution in [-0.4, -0.2) is 12.2 Å². The maximum absolute atomic E-state index is 9.87. The van der Waals surface area contributed by atoms with Crippen LogP contribution < -0.4 is 9.47 Å². The van der Waals surface area contributed by atoms with E-state index in [1.165, 1.54) is 7.11 Å². The van der Waals surface area contributed by atoms with E-state index in [-0.39, 0.29) is 17.8 Å². The van der Waals surface area contributed by atoms with Gasteiger partial charge in [0, 0.05) is 17.5 Å². The van der Waals surface area contributed by atoms with Gasteiger partial charge in [-0.1, -0.05) is 37.3 Å². The van der Waals surface area contributed by atoms with Gasteiger partial charge in [-0.15, -0.1) is 0 Å². The fraction of sp³-hybridized carbons (Fsp3) is 0.250. The first-order valence-electron chi connectivity index (χ1n) is 6.33. The molecule has 2 aromatic carbocycles. The normalized spacial score (nSPS) is 20.7. The number of phenols is 1. The van der Waals surface area contributed by atoms with E-state index in [0.717, 1.165) is 16.9 Å². The number of rotatable bonds is 2. The van der Waals surface area contributed by atoms with Crippen molar-refractivity contribution < 1.29 is 14.6 Å². The molecule has 2 aromatic rings. The number of methoxy groups -OCH3 is 1. The van der Waals surface area contributed by atoms with E-state index in [2.05, 4.69) is 19.1 Å². The fourth-order valence-corrected chi connectivity index (χ4v) is 2.59. The second-order valence-corrected chi connectivity index (χ2v) is 4.80. The molecule has 0 aromatic heterocycles. The van der Waals surface area contributed by atoms with Gasteiger partial charge in [-0.05, 0) is 11.6 Å². The minimum absolute atomic E-state index is 0.0114. The Morgan fingerprint density at radius 3 is 2.58 bits per heavy atom. The molecule has 19 heavy (non-hydrogen) atoms. The van der Waals surface area contributed by atoms with Crippen LogP contribution in [-0.2, 0) is 0 Å². The van der Waals surface area contributed by atoms with E-state index in [4.69, 9.17) is 9.47 Å². The number of hydrogen-bond acceptors (Lipinski definition) is 3. The molecule has 1 heterocycles. The monoisotopic (exact) mass is 256 g/mol. The van der Waals surface area contributed by atoms with Crippen molar-refractivity contribution in [2.45, 2.75) is 18.9 Å². The Balaban J connectivity index is 2.00. The molecule has 0 unspecified atom stereocenters. The maximum atomic E-state index is 9.87. The quantitative estimate of drug-likeness (QED) is 0.891. The maximum Gasteiger partial charge on any atom is 0.164 e. The molecule has 0 amide bonds. The summed E-state index contributed by atoms with van der Waals surface area (Å²) in [5.74, 6) is 1.59. The summed E-state index contributed by atoms with van der Waals surface area (Å²) in [6.45, 7) is 2.11. The number of phenolic OH excluding ortho intramolecular Hbond substituents is 1. The van der Waals surface area contributed by atoms with Crippen LogP contribution >= 0.6 is 0 Å². The lowest BCUT2D eigenvalue weighted by atomic mass is 9.93. The molecular weight excluding hydrogens is 240 g/mol. The van der Waals surface area contributed by atoms with E-state index in [9.17, 15) is 5.11 Å². The zero-order valence-corrected chi connectivity index (χ0v) is 11.0. The zero-order valence-electron chi connectivity index (χ0n) is 11.0. The molecule has 0 radical (unpaired) electrons. The molecule has 2 atom stereocenters. The summed E-state index contributed by atoms with van der Waals surface area (Å²) >= 11 is 0. The van der Waals surface area contributed by atoms with Gasteiger partial charge in [-0.3, -0.25) is 0 Å². The molecule has 3 heteroatoms. The summed E-state index contributed by atoms with van der Waals surface area (Å²) in [5.41, 5.74) is 2.16. The Hall–Kier alpha value is -2.16. The third-order valence-electron chi connectivity index (χ3n) is 3.64. The van der Waals surface area contributed by atoms with Crippen LogP contribution in [0, 0.1) is 0 Å². The molecule has 1 N–H and O–H groups in total. The van der Waals surface area contributed by atoms with Crippen LogP contribution in [0.3, 0.4) is 0 Å². The predicted molar refractivity (Wildman–Crippen MR) is 72.9 cm³/mol.